The summed E-state index contributed by atoms with van der Waals surface area (Å²) >= 11 is 0. The van der Waals surface area contributed by atoms with Crippen LogP contribution in [0.2, 0.25) is 0 Å². The summed E-state index contributed by atoms with van der Waals surface area (Å²) < 4.78 is 5.56. The van der Waals surface area contributed by atoms with E-state index in [1.807, 2.05) is 0 Å². The maximum Gasteiger partial charge on any atom is 0.123 e. The summed E-state index contributed by atoms with van der Waals surface area (Å²) in [5.74, 6) is 1.00. The molecule has 0 bridgehead atoms. The highest BCUT2D eigenvalue weighted by Gasteiger charge is 2.13. The monoisotopic (exact) mass is 291 g/mol. The molecule has 1 aromatic carbocycles. The molecule has 0 saturated carbocycles. The first-order valence-electron chi connectivity index (χ1n) is 7.92. The largest absolute Gasteiger partial charge is 0.496 e. The van der Waals surface area contributed by atoms with E-state index in [1.54, 1.807) is 7.11 Å². The van der Waals surface area contributed by atoms with Gasteiger partial charge < -0.3 is 15.0 Å². The van der Waals surface area contributed by atoms with Gasteiger partial charge in [-0.2, -0.15) is 0 Å². The lowest BCUT2D eigenvalue weighted by molar-refractivity contribution is 0.330. The van der Waals surface area contributed by atoms with E-state index in [4.69, 9.17) is 4.74 Å². The number of benzene rings is 1. The number of likely N-dealkylation sites (tertiary alicyclic amines) is 1. The molecule has 1 N–H and O–H groups in total. The van der Waals surface area contributed by atoms with Crippen LogP contribution in [0.3, 0.4) is 0 Å². The molecule has 0 amide bonds. The van der Waals surface area contributed by atoms with E-state index in [0.29, 0.717) is 0 Å². The molecule has 0 aromatic heterocycles. The minimum atomic E-state index is 0.862. The fourth-order valence-electron chi connectivity index (χ4n) is 2.76. The van der Waals surface area contributed by atoms with Crippen LogP contribution in [0.1, 0.15) is 24.0 Å². The van der Waals surface area contributed by atoms with E-state index in [0.717, 1.165) is 31.9 Å². The molecular formula is C17H29N3O. The molecule has 1 aliphatic heterocycles. The zero-order valence-corrected chi connectivity index (χ0v) is 13.7. The molecule has 1 fully saturated rings. The van der Waals surface area contributed by atoms with Crippen molar-refractivity contribution >= 4 is 0 Å². The Labute approximate surface area is 129 Å². The minimum absolute atomic E-state index is 0.862. The maximum atomic E-state index is 5.56. The molecule has 0 aliphatic carbocycles. The Morgan fingerprint density at radius 3 is 2.67 bits per heavy atom. The van der Waals surface area contributed by atoms with Crippen molar-refractivity contribution in [1.29, 1.82) is 0 Å². The molecule has 1 saturated heterocycles. The first kappa shape index (κ1) is 16.3. The Balaban J connectivity index is 1.89. The Hall–Kier alpha value is -1.10. The number of rotatable bonds is 8. The molecule has 1 aliphatic rings. The number of hydrogen-bond acceptors (Lipinski definition) is 4. The second-order valence-corrected chi connectivity index (χ2v) is 6.11. The Bertz CT molecular complexity index is 428. The molecular weight excluding hydrogens is 262 g/mol. The average Bonchev–Trinajstić information content (AvgIpc) is 2.97. The molecule has 0 radical (unpaired) electrons. The maximum absolute atomic E-state index is 5.56. The highest BCUT2D eigenvalue weighted by Crippen LogP contribution is 2.22. The molecule has 4 heteroatoms. The molecule has 2 rings (SSSR count). The van der Waals surface area contributed by atoms with E-state index < -0.39 is 0 Å². The van der Waals surface area contributed by atoms with Crippen LogP contribution in [0.5, 0.6) is 5.75 Å². The van der Waals surface area contributed by atoms with Gasteiger partial charge in [-0.15, -0.1) is 0 Å². The fraction of sp³-hybridized carbons (Fsp3) is 0.647. The van der Waals surface area contributed by atoms with E-state index >= 15 is 0 Å². The predicted molar refractivity (Wildman–Crippen MR) is 87.8 cm³/mol. The summed E-state index contributed by atoms with van der Waals surface area (Å²) in [6.45, 7) is 6.42. The van der Waals surface area contributed by atoms with Crippen molar-refractivity contribution in [1.82, 2.24) is 15.1 Å². The topological polar surface area (TPSA) is 27.7 Å². The summed E-state index contributed by atoms with van der Waals surface area (Å²) in [6, 6.07) is 6.64. The SMILES string of the molecule is COc1cc(CN2CCCC2)ccc1CNCCN(C)C. The van der Waals surface area contributed by atoms with Crippen LogP contribution in [0.4, 0.5) is 0 Å². The van der Waals surface area contributed by atoms with Crippen molar-refractivity contribution in [2.45, 2.75) is 25.9 Å². The first-order valence-corrected chi connectivity index (χ1v) is 7.92. The summed E-state index contributed by atoms with van der Waals surface area (Å²) in [4.78, 5) is 4.70. The van der Waals surface area contributed by atoms with Crippen molar-refractivity contribution in [3.63, 3.8) is 0 Å². The predicted octanol–water partition coefficient (Wildman–Crippen LogP) is 1.94. The number of nitrogens with one attached hydrogen (secondary N) is 1. The summed E-state index contributed by atoms with van der Waals surface area (Å²) in [7, 11) is 5.95. The minimum Gasteiger partial charge on any atom is -0.496 e. The van der Waals surface area contributed by atoms with E-state index in [-0.39, 0.29) is 0 Å². The molecule has 21 heavy (non-hydrogen) atoms. The highest BCUT2D eigenvalue weighted by atomic mass is 16.5. The van der Waals surface area contributed by atoms with Gasteiger partial charge in [0.2, 0.25) is 0 Å². The van der Waals surface area contributed by atoms with Gasteiger partial charge in [-0.25, -0.2) is 0 Å². The zero-order chi connectivity index (χ0) is 15.1. The smallest absolute Gasteiger partial charge is 0.123 e. The molecule has 0 spiro atoms. The van der Waals surface area contributed by atoms with Gasteiger partial charge in [0.25, 0.3) is 0 Å². The molecule has 118 valence electrons. The average molecular weight is 291 g/mol. The fourth-order valence-corrected chi connectivity index (χ4v) is 2.76. The molecule has 1 heterocycles. The standard InChI is InChI=1S/C17H29N3O/c1-19(2)11-8-18-13-16-7-6-15(12-17(16)21-3)14-20-9-4-5-10-20/h6-7,12,18H,4-5,8-11,13-14H2,1-3H3. The number of likely N-dealkylation sites (N-methyl/N-ethyl adjacent to an activating group) is 1. The Kier molecular flexibility index (Phi) is 6.49. The van der Waals surface area contributed by atoms with Crippen LogP contribution in [0.25, 0.3) is 0 Å². The third-order valence-electron chi connectivity index (χ3n) is 4.01. The molecule has 1 aromatic rings. The summed E-state index contributed by atoms with van der Waals surface area (Å²) in [6.07, 6.45) is 2.68. The number of hydrogen-bond donors (Lipinski definition) is 1. The van der Waals surface area contributed by atoms with Crippen LogP contribution >= 0.6 is 0 Å². The molecule has 0 atom stereocenters. The summed E-state index contributed by atoms with van der Waals surface area (Å²) in [5, 5.41) is 3.47. The number of methoxy groups -OCH3 is 1. The van der Waals surface area contributed by atoms with Crippen LogP contribution in [-0.4, -0.2) is 57.2 Å². The van der Waals surface area contributed by atoms with Gasteiger partial charge in [0.1, 0.15) is 5.75 Å². The van der Waals surface area contributed by atoms with Crippen molar-refractivity contribution < 1.29 is 4.74 Å². The van der Waals surface area contributed by atoms with Crippen LogP contribution in [-0.2, 0) is 13.1 Å². The second kappa shape index (κ2) is 8.37. The zero-order valence-electron chi connectivity index (χ0n) is 13.7. The van der Waals surface area contributed by atoms with E-state index in [9.17, 15) is 0 Å². The van der Waals surface area contributed by atoms with Crippen molar-refractivity contribution in [2.75, 3.05) is 47.4 Å². The van der Waals surface area contributed by atoms with Gasteiger partial charge in [0, 0.05) is 31.7 Å². The lowest BCUT2D eigenvalue weighted by atomic mass is 10.1. The van der Waals surface area contributed by atoms with Gasteiger partial charge >= 0.3 is 0 Å². The normalized spacial score (nSPS) is 15.8. The van der Waals surface area contributed by atoms with E-state index in [1.165, 1.54) is 37.1 Å². The van der Waals surface area contributed by atoms with Crippen molar-refractivity contribution in [3.05, 3.63) is 29.3 Å². The summed E-state index contributed by atoms with van der Waals surface area (Å²) in [5.41, 5.74) is 2.59. The number of ether oxygens (including phenoxy) is 1. The third-order valence-corrected chi connectivity index (χ3v) is 4.01. The number of nitrogens with zero attached hydrogens (tertiary/aromatic N) is 2. The first-order chi connectivity index (χ1) is 10.2. The van der Waals surface area contributed by atoms with Crippen LogP contribution < -0.4 is 10.1 Å². The van der Waals surface area contributed by atoms with Gasteiger partial charge in [0.15, 0.2) is 0 Å². The highest BCUT2D eigenvalue weighted by molar-refractivity contribution is 5.37. The lowest BCUT2D eigenvalue weighted by Gasteiger charge is -2.17. The van der Waals surface area contributed by atoms with Gasteiger partial charge in [0.05, 0.1) is 7.11 Å². The van der Waals surface area contributed by atoms with Crippen molar-refractivity contribution in [2.24, 2.45) is 0 Å². The van der Waals surface area contributed by atoms with Crippen LogP contribution in [0.15, 0.2) is 18.2 Å². The van der Waals surface area contributed by atoms with Crippen LogP contribution in [0, 0.1) is 0 Å². The van der Waals surface area contributed by atoms with Crippen molar-refractivity contribution in [3.8, 4) is 5.75 Å². The Morgan fingerprint density at radius 2 is 2.00 bits per heavy atom. The second-order valence-electron chi connectivity index (χ2n) is 6.11. The van der Waals surface area contributed by atoms with Gasteiger partial charge in [-0.1, -0.05) is 12.1 Å². The molecule has 4 nitrogen and oxygen atoms in total. The lowest BCUT2D eigenvalue weighted by Crippen LogP contribution is -2.26. The van der Waals surface area contributed by atoms with Gasteiger partial charge in [-0.3, -0.25) is 4.90 Å². The van der Waals surface area contributed by atoms with E-state index in [2.05, 4.69) is 47.4 Å². The molecule has 0 unspecified atom stereocenters. The Morgan fingerprint density at radius 1 is 1.24 bits per heavy atom. The third kappa shape index (κ3) is 5.30. The van der Waals surface area contributed by atoms with Gasteiger partial charge in [-0.05, 0) is 51.7 Å². The quantitative estimate of drug-likeness (QED) is 0.741.